The van der Waals surface area contributed by atoms with Crippen LogP contribution in [0.25, 0.3) is 0 Å². The molecule has 2 N–H and O–H groups in total. The van der Waals surface area contributed by atoms with Gasteiger partial charge in [0.1, 0.15) is 5.82 Å². The lowest BCUT2D eigenvalue weighted by Gasteiger charge is -2.11. The molecule has 0 aliphatic heterocycles. The number of hydrogen-bond donors (Lipinski definition) is 2. The summed E-state index contributed by atoms with van der Waals surface area (Å²) < 4.78 is 0. The molecule has 1 saturated carbocycles. The third-order valence-corrected chi connectivity index (χ3v) is 5.48. The van der Waals surface area contributed by atoms with E-state index in [1.165, 1.54) is 37.4 Å². The van der Waals surface area contributed by atoms with E-state index in [-0.39, 0.29) is 11.2 Å². The van der Waals surface area contributed by atoms with Crippen molar-refractivity contribution in [2.75, 3.05) is 5.32 Å². The molecule has 1 heterocycles. The first-order chi connectivity index (χ1) is 11.6. The number of amides is 1. The normalized spacial score (nSPS) is 16.2. The average Bonchev–Trinajstić information content (AvgIpc) is 3.22. The third kappa shape index (κ3) is 4.38. The zero-order valence-electron chi connectivity index (χ0n) is 14.2. The van der Waals surface area contributed by atoms with Crippen LogP contribution in [-0.2, 0) is 11.2 Å². The molecule has 2 aromatic rings. The Bertz CT molecular complexity index is 694. The summed E-state index contributed by atoms with van der Waals surface area (Å²) in [4.78, 5) is 16.9. The molecule has 1 aromatic heterocycles. The van der Waals surface area contributed by atoms with Gasteiger partial charge in [0.2, 0.25) is 11.1 Å². The Morgan fingerprint density at radius 3 is 2.88 bits per heavy atom. The highest BCUT2D eigenvalue weighted by atomic mass is 32.2. The molecule has 6 heteroatoms. The summed E-state index contributed by atoms with van der Waals surface area (Å²) in [6.45, 7) is 3.86. The van der Waals surface area contributed by atoms with Crippen LogP contribution in [0.1, 0.15) is 44.0 Å². The number of aromatic amines is 1. The highest BCUT2D eigenvalue weighted by molar-refractivity contribution is 8.00. The van der Waals surface area contributed by atoms with E-state index in [0.717, 1.165) is 29.4 Å². The molecule has 0 bridgehead atoms. The number of carbonyl (C=O) groups is 1. The largest absolute Gasteiger partial charge is 0.325 e. The molecule has 1 aliphatic carbocycles. The number of anilines is 1. The quantitative estimate of drug-likeness (QED) is 0.778. The summed E-state index contributed by atoms with van der Waals surface area (Å²) in [6, 6.07) is 7.78. The molecule has 1 aromatic carbocycles. The van der Waals surface area contributed by atoms with Gasteiger partial charge < -0.3 is 5.32 Å². The van der Waals surface area contributed by atoms with Crippen molar-refractivity contribution in [1.29, 1.82) is 0 Å². The van der Waals surface area contributed by atoms with E-state index in [1.807, 2.05) is 38.1 Å². The minimum atomic E-state index is -0.250. The van der Waals surface area contributed by atoms with Crippen molar-refractivity contribution in [3.8, 4) is 0 Å². The Labute approximate surface area is 147 Å². The number of aryl methyl sites for hydroxylation is 1. The van der Waals surface area contributed by atoms with Gasteiger partial charge in [-0.25, -0.2) is 4.98 Å². The molecule has 1 aliphatic rings. The van der Waals surface area contributed by atoms with Gasteiger partial charge in [-0.05, 0) is 31.4 Å². The topological polar surface area (TPSA) is 70.7 Å². The van der Waals surface area contributed by atoms with E-state index in [1.54, 1.807) is 0 Å². The van der Waals surface area contributed by atoms with Gasteiger partial charge in [0.25, 0.3) is 0 Å². The molecule has 128 valence electrons. The van der Waals surface area contributed by atoms with Gasteiger partial charge in [0, 0.05) is 12.1 Å². The Morgan fingerprint density at radius 1 is 1.38 bits per heavy atom. The number of rotatable bonds is 6. The van der Waals surface area contributed by atoms with Crippen molar-refractivity contribution in [2.24, 2.45) is 5.92 Å². The first-order valence-electron chi connectivity index (χ1n) is 8.56. The fourth-order valence-electron chi connectivity index (χ4n) is 3.07. The van der Waals surface area contributed by atoms with Gasteiger partial charge in [-0.3, -0.25) is 9.89 Å². The average molecular weight is 344 g/mol. The van der Waals surface area contributed by atoms with Crippen molar-refractivity contribution >= 4 is 23.4 Å². The summed E-state index contributed by atoms with van der Waals surface area (Å²) >= 11 is 1.39. The lowest BCUT2D eigenvalue weighted by Crippen LogP contribution is -2.22. The Balaban J connectivity index is 1.54. The molecule has 1 amide bonds. The molecular formula is C18H24N4OS. The minimum absolute atomic E-state index is 0.0311. The zero-order chi connectivity index (χ0) is 16.9. The predicted molar refractivity (Wildman–Crippen MR) is 97.2 cm³/mol. The number of H-pyrrole nitrogens is 1. The molecule has 1 fully saturated rings. The standard InChI is InChI=1S/C18H24N4OS/c1-12-7-3-6-10-15(12)19-17(23)13(2)24-18-20-16(21-22-18)11-14-8-4-5-9-14/h3,6-7,10,13-14H,4-5,8-9,11H2,1-2H3,(H,19,23)(H,20,21,22)/t13-/m1/s1. The number of carbonyl (C=O) groups excluding carboxylic acids is 1. The number of aromatic nitrogens is 3. The van der Waals surface area contributed by atoms with Crippen LogP contribution in [0.2, 0.25) is 0 Å². The number of hydrogen-bond acceptors (Lipinski definition) is 4. The van der Waals surface area contributed by atoms with E-state index in [4.69, 9.17) is 0 Å². The fraction of sp³-hybridized carbons (Fsp3) is 0.500. The molecule has 3 rings (SSSR count). The highest BCUT2D eigenvalue weighted by Crippen LogP contribution is 2.28. The van der Waals surface area contributed by atoms with Gasteiger partial charge in [0.05, 0.1) is 5.25 Å². The van der Waals surface area contributed by atoms with Gasteiger partial charge in [-0.2, -0.15) is 0 Å². The van der Waals surface area contributed by atoms with Crippen molar-refractivity contribution in [1.82, 2.24) is 15.2 Å². The Kier molecular flexibility index (Phi) is 5.56. The Hall–Kier alpha value is -1.82. The number of nitrogens with one attached hydrogen (secondary N) is 2. The van der Waals surface area contributed by atoms with Gasteiger partial charge in [-0.15, -0.1) is 5.10 Å². The van der Waals surface area contributed by atoms with E-state index < -0.39 is 0 Å². The number of benzene rings is 1. The van der Waals surface area contributed by atoms with Crippen LogP contribution in [0.3, 0.4) is 0 Å². The van der Waals surface area contributed by atoms with Crippen LogP contribution in [0, 0.1) is 12.8 Å². The first-order valence-corrected chi connectivity index (χ1v) is 9.44. The number of nitrogens with zero attached hydrogens (tertiary/aromatic N) is 2. The lowest BCUT2D eigenvalue weighted by atomic mass is 10.0. The van der Waals surface area contributed by atoms with Gasteiger partial charge >= 0.3 is 0 Å². The summed E-state index contributed by atoms with van der Waals surface area (Å²) in [5.41, 5.74) is 1.91. The lowest BCUT2D eigenvalue weighted by molar-refractivity contribution is -0.115. The fourth-order valence-corrected chi connectivity index (χ4v) is 3.81. The van der Waals surface area contributed by atoms with E-state index >= 15 is 0 Å². The van der Waals surface area contributed by atoms with Crippen LogP contribution in [0.5, 0.6) is 0 Å². The van der Waals surface area contributed by atoms with Crippen LogP contribution >= 0.6 is 11.8 Å². The second-order valence-electron chi connectivity index (χ2n) is 6.48. The van der Waals surface area contributed by atoms with E-state index in [2.05, 4.69) is 20.5 Å². The Morgan fingerprint density at radius 2 is 2.12 bits per heavy atom. The SMILES string of the molecule is Cc1ccccc1NC(=O)[C@@H](C)Sc1n[nH]c(CC2CCCC2)n1. The van der Waals surface area contributed by atoms with Crippen LogP contribution in [-0.4, -0.2) is 26.3 Å². The zero-order valence-corrected chi connectivity index (χ0v) is 15.0. The maximum Gasteiger partial charge on any atom is 0.237 e. The van der Waals surface area contributed by atoms with Crippen molar-refractivity contribution in [2.45, 2.75) is 56.4 Å². The minimum Gasteiger partial charge on any atom is -0.325 e. The highest BCUT2D eigenvalue weighted by Gasteiger charge is 2.20. The van der Waals surface area contributed by atoms with Gasteiger partial charge in [0.15, 0.2) is 0 Å². The molecule has 0 spiro atoms. The summed E-state index contributed by atoms with van der Waals surface area (Å²) in [5, 5.41) is 10.6. The molecule has 0 unspecified atom stereocenters. The molecule has 0 saturated heterocycles. The van der Waals surface area contributed by atoms with Crippen molar-refractivity contribution in [3.63, 3.8) is 0 Å². The maximum atomic E-state index is 12.4. The van der Waals surface area contributed by atoms with Crippen LogP contribution in [0.15, 0.2) is 29.4 Å². The number of thioether (sulfide) groups is 1. The molecule has 1 atom stereocenters. The van der Waals surface area contributed by atoms with Crippen molar-refractivity contribution in [3.05, 3.63) is 35.7 Å². The van der Waals surface area contributed by atoms with Gasteiger partial charge in [-0.1, -0.05) is 55.6 Å². The molecule has 24 heavy (non-hydrogen) atoms. The molecular weight excluding hydrogens is 320 g/mol. The smallest absolute Gasteiger partial charge is 0.237 e. The number of para-hydroxylation sites is 1. The summed E-state index contributed by atoms with van der Waals surface area (Å²) in [7, 11) is 0. The predicted octanol–water partition coefficient (Wildman–Crippen LogP) is 3.97. The van der Waals surface area contributed by atoms with Crippen LogP contribution < -0.4 is 5.32 Å². The first kappa shape index (κ1) is 17.0. The monoisotopic (exact) mass is 344 g/mol. The summed E-state index contributed by atoms with van der Waals surface area (Å²) in [5.74, 6) is 1.64. The van der Waals surface area contributed by atoms with E-state index in [0.29, 0.717) is 5.16 Å². The molecule has 5 nitrogen and oxygen atoms in total. The maximum absolute atomic E-state index is 12.4. The molecule has 0 radical (unpaired) electrons. The van der Waals surface area contributed by atoms with E-state index in [9.17, 15) is 4.79 Å². The van der Waals surface area contributed by atoms with Crippen LogP contribution in [0.4, 0.5) is 5.69 Å². The second kappa shape index (κ2) is 7.83. The van der Waals surface area contributed by atoms with Crippen molar-refractivity contribution < 1.29 is 4.79 Å². The third-order valence-electron chi connectivity index (χ3n) is 4.52. The second-order valence-corrected chi connectivity index (χ2v) is 7.79. The summed E-state index contributed by atoms with van der Waals surface area (Å²) in [6.07, 6.45) is 6.21.